The van der Waals surface area contributed by atoms with E-state index in [9.17, 15) is 9.18 Å². The van der Waals surface area contributed by atoms with Crippen LogP contribution >= 0.6 is 0 Å². The molecule has 5 heteroatoms. The lowest BCUT2D eigenvalue weighted by atomic mass is 9.86. The normalized spacial score (nSPS) is 16.9. The quantitative estimate of drug-likeness (QED) is 0.566. The Morgan fingerprint density at radius 2 is 1.93 bits per heavy atom. The van der Waals surface area contributed by atoms with Gasteiger partial charge in [-0.3, -0.25) is 4.79 Å². The van der Waals surface area contributed by atoms with Crippen LogP contribution < -0.4 is 5.43 Å². The van der Waals surface area contributed by atoms with Crippen molar-refractivity contribution in [1.29, 1.82) is 0 Å². The first kappa shape index (κ1) is 18.4. The van der Waals surface area contributed by atoms with Crippen molar-refractivity contribution in [2.24, 2.45) is 11.0 Å². The Hall–Kier alpha value is -2.95. The van der Waals surface area contributed by atoms with Crippen LogP contribution in [0.2, 0.25) is 0 Å². The third kappa shape index (κ3) is 3.70. The monoisotopic (exact) mass is 377 g/mol. The van der Waals surface area contributed by atoms with Gasteiger partial charge in [0.25, 0.3) is 5.91 Å². The summed E-state index contributed by atoms with van der Waals surface area (Å²) >= 11 is 0. The average Bonchev–Trinajstić information content (AvgIpc) is 3.11. The molecular formula is C23H24FN3O. The number of carbonyl (C=O) groups excluding carboxylic acids is 1. The Morgan fingerprint density at radius 1 is 1.18 bits per heavy atom. The molecule has 1 saturated carbocycles. The summed E-state index contributed by atoms with van der Waals surface area (Å²) < 4.78 is 13.9. The highest BCUT2D eigenvalue weighted by Gasteiger charge is 2.20. The van der Waals surface area contributed by atoms with Gasteiger partial charge in [0.1, 0.15) is 11.5 Å². The first-order valence-corrected chi connectivity index (χ1v) is 9.88. The van der Waals surface area contributed by atoms with Crippen molar-refractivity contribution >= 4 is 22.5 Å². The molecule has 0 spiro atoms. The molecule has 144 valence electrons. The second kappa shape index (κ2) is 7.97. The van der Waals surface area contributed by atoms with Crippen LogP contribution in [-0.2, 0) is 0 Å². The van der Waals surface area contributed by atoms with Crippen molar-refractivity contribution in [2.45, 2.75) is 39.0 Å². The van der Waals surface area contributed by atoms with Crippen molar-refractivity contribution in [1.82, 2.24) is 10.4 Å². The van der Waals surface area contributed by atoms with Crippen LogP contribution in [0.5, 0.6) is 0 Å². The minimum absolute atomic E-state index is 0.305. The fourth-order valence-electron chi connectivity index (χ4n) is 3.96. The van der Waals surface area contributed by atoms with Crippen molar-refractivity contribution in [3.63, 3.8) is 0 Å². The predicted octanol–water partition coefficient (Wildman–Crippen LogP) is 5.66. The highest BCUT2D eigenvalue weighted by Crippen LogP contribution is 2.33. The summed E-state index contributed by atoms with van der Waals surface area (Å²) in [6.45, 7) is 2.22. The van der Waals surface area contributed by atoms with E-state index in [1.54, 1.807) is 6.07 Å². The van der Waals surface area contributed by atoms with Crippen LogP contribution in [0.3, 0.4) is 0 Å². The first-order chi connectivity index (χ1) is 13.7. The first-order valence-electron chi connectivity index (χ1n) is 9.88. The fourth-order valence-corrected chi connectivity index (χ4v) is 3.96. The Balaban J connectivity index is 1.65. The van der Waals surface area contributed by atoms with Crippen molar-refractivity contribution in [2.75, 3.05) is 0 Å². The maximum atomic E-state index is 13.9. The number of aromatic nitrogens is 1. The van der Waals surface area contributed by atoms with Gasteiger partial charge in [0.15, 0.2) is 0 Å². The number of halogens is 1. The molecule has 0 saturated heterocycles. The van der Waals surface area contributed by atoms with Crippen LogP contribution in [0.1, 0.15) is 49.5 Å². The summed E-state index contributed by atoms with van der Waals surface area (Å²) in [5.74, 6) is 0.132. The SMILES string of the molecule is CCC1CCC(=NNC(=O)c2[nH]c3ccc(F)cc3c2-c2ccccc2)CC1. The van der Waals surface area contributed by atoms with Gasteiger partial charge in [0, 0.05) is 22.2 Å². The van der Waals surface area contributed by atoms with E-state index < -0.39 is 0 Å². The van der Waals surface area contributed by atoms with Crippen LogP contribution in [-0.4, -0.2) is 16.6 Å². The lowest BCUT2D eigenvalue weighted by molar-refractivity contribution is 0.0951. The Morgan fingerprint density at radius 3 is 2.64 bits per heavy atom. The van der Waals surface area contributed by atoms with Crippen LogP contribution in [0.25, 0.3) is 22.0 Å². The number of nitrogens with zero attached hydrogens (tertiary/aromatic N) is 1. The van der Waals surface area contributed by atoms with Gasteiger partial charge < -0.3 is 4.98 Å². The van der Waals surface area contributed by atoms with Gasteiger partial charge in [-0.2, -0.15) is 5.10 Å². The number of hydrazone groups is 1. The molecule has 1 heterocycles. The molecule has 2 N–H and O–H groups in total. The van der Waals surface area contributed by atoms with Crippen molar-refractivity contribution < 1.29 is 9.18 Å². The lowest BCUT2D eigenvalue weighted by Crippen LogP contribution is -2.23. The molecule has 0 atom stereocenters. The molecule has 0 aliphatic heterocycles. The van der Waals surface area contributed by atoms with Crippen molar-refractivity contribution in [3.8, 4) is 11.1 Å². The van der Waals surface area contributed by atoms with Gasteiger partial charge in [0.05, 0.1) is 0 Å². The maximum Gasteiger partial charge on any atom is 0.288 e. The van der Waals surface area contributed by atoms with E-state index in [4.69, 9.17) is 0 Å². The fraction of sp³-hybridized carbons (Fsp3) is 0.304. The zero-order valence-corrected chi connectivity index (χ0v) is 16.0. The van der Waals surface area contributed by atoms with E-state index in [0.29, 0.717) is 16.6 Å². The van der Waals surface area contributed by atoms with Crippen LogP contribution in [0.15, 0.2) is 53.6 Å². The second-order valence-electron chi connectivity index (χ2n) is 7.40. The largest absolute Gasteiger partial charge is 0.350 e. The molecular weight excluding hydrogens is 353 g/mol. The van der Waals surface area contributed by atoms with Gasteiger partial charge in [-0.05, 0) is 55.4 Å². The molecule has 4 nitrogen and oxygen atoms in total. The van der Waals surface area contributed by atoms with Gasteiger partial charge in [-0.1, -0.05) is 43.7 Å². The third-order valence-corrected chi connectivity index (χ3v) is 5.63. The highest BCUT2D eigenvalue weighted by molar-refractivity contribution is 6.09. The minimum Gasteiger partial charge on any atom is -0.350 e. The number of hydrogen-bond acceptors (Lipinski definition) is 2. The van der Waals surface area contributed by atoms with Crippen molar-refractivity contribution in [3.05, 3.63) is 60.0 Å². The topological polar surface area (TPSA) is 57.2 Å². The predicted molar refractivity (Wildman–Crippen MR) is 111 cm³/mol. The maximum absolute atomic E-state index is 13.9. The van der Waals surface area contributed by atoms with E-state index in [1.807, 2.05) is 30.3 Å². The number of fused-ring (bicyclic) bond motifs is 1. The molecule has 1 aliphatic rings. The molecule has 3 aromatic rings. The summed E-state index contributed by atoms with van der Waals surface area (Å²) in [4.78, 5) is 16.1. The molecule has 1 aliphatic carbocycles. The minimum atomic E-state index is -0.330. The van der Waals surface area contributed by atoms with Gasteiger partial charge >= 0.3 is 0 Å². The second-order valence-corrected chi connectivity index (χ2v) is 7.40. The van der Waals surface area contributed by atoms with E-state index in [-0.39, 0.29) is 11.7 Å². The third-order valence-electron chi connectivity index (χ3n) is 5.63. The van der Waals surface area contributed by atoms with E-state index in [2.05, 4.69) is 22.4 Å². The number of nitrogens with one attached hydrogen (secondary N) is 2. The molecule has 2 aromatic carbocycles. The van der Waals surface area contributed by atoms with Gasteiger partial charge in [-0.15, -0.1) is 0 Å². The summed E-state index contributed by atoms with van der Waals surface area (Å²) in [5, 5.41) is 5.06. The number of hydrogen-bond donors (Lipinski definition) is 2. The molecule has 1 amide bonds. The molecule has 1 aromatic heterocycles. The Bertz CT molecular complexity index is 1010. The lowest BCUT2D eigenvalue weighted by Gasteiger charge is -2.21. The zero-order valence-electron chi connectivity index (χ0n) is 16.0. The smallest absolute Gasteiger partial charge is 0.288 e. The van der Waals surface area contributed by atoms with Gasteiger partial charge in [0.2, 0.25) is 0 Å². The van der Waals surface area contributed by atoms with Gasteiger partial charge in [-0.25, -0.2) is 9.82 Å². The standard InChI is InChI=1S/C23H24FN3O/c1-2-15-8-11-18(12-9-15)26-27-23(28)22-21(16-6-4-3-5-7-16)19-14-17(24)10-13-20(19)25-22/h3-7,10,13-15,25H,2,8-9,11-12H2,1H3,(H,27,28). The van der Waals surface area contributed by atoms with E-state index >= 15 is 0 Å². The summed E-state index contributed by atoms with van der Waals surface area (Å²) in [5.41, 5.74) is 6.44. The summed E-state index contributed by atoms with van der Waals surface area (Å²) in [7, 11) is 0. The summed E-state index contributed by atoms with van der Waals surface area (Å²) in [6, 6.07) is 14.1. The summed E-state index contributed by atoms with van der Waals surface area (Å²) in [6.07, 6.45) is 5.33. The highest BCUT2D eigenvalue weighted by atomic mass is 19.1. The molecule has 4 rings (SSSR count). The number of benzene rings is 2. The molecule has 1 fully saturated rings. The Labute approximate surface area is 163 Å². The number of aromatic amines is 1. The number of carbonyl (C=O) groups is 1. The number of amides is 1. The molecule has 0 radical (unpaired) electrons. The van der Waals surface area contributed by atoms with E-state index in [1.165, 1.54) is 18.6 Å². The number of rotatable bonds is 4. The zero-order chi connectivity index (χ0) is 19.5. The van der Waals surface area contributed by atoms with E-state index in [0.717, 1.165) is 48.4 Å². The average molecular weight is 377 g/mol. The molecule has 0 unspecified atom stereocenters. The number of H-pyrrole nitrogens is 1. The van der Waals surface area contributed by atoms with Crippen LogP contribution in [0, 0.1) is 11.7 Å². The van der Waals surface area contributed by atoms with Crippen LogP contribution in [0.4, 0.5) is 4.39 Å². The Kier molecular flexibility index (Phi) is 5.24. The molecule has 0 bridgehead atoms. The molecule has 28 heavy (non-hydrogen) atoms.